The molecule has 136 valence electrons. The predicted molar refractivity (Wildman–Crippen MR) is 113 cm³/mol. The highest BCUT2D eigenvalue weighted by Crippen LogP contribution is 2.24. The van der Waals surface area contributed by atoms with Crippen LogP contribution in [0.15, 0.2) is 103 Å². The van der Waals surface area contributed by atoms with Crippen LogP contribution >= 0.6 is 0 Å². The molecule has 0 saturated heterocycles. The molecule has 0 spiro atoms. The van der Waals surface area contributed by atoms with E-state index in [1.54, 1.807) is 12.1 Å². The lowest BCUT2D eigenvalue weighted by atomic mass is 10.0. The van der Waals surface area contributed by atoms with Gasteiger partial charge in [-0.05, 0) is 53.4 Å². The van der Waals surface area contributed by atoms with E-state index in [9.17, 15) is 4.79 Å². The predicted octanol–water partition coefficient (Wildman–Crippen LogP) is 6.55. The smallest absolute Gasteiger partial charge is 0.343 e. The first kappa shape index (κ1) is 17.7. The summed E-state index contributed by atoms with van der Waals surface area (Å²) in [6, 6.07) is 33.5. The van der Waals surface area contributed by atoms with Gasteiger partial charge in [0.1, 0.15) is 5.75 Å². The zero-order chi connectivity index (χ0) is 19.3. The molecule has 0 fully saturated rings. The van der Waals surface area contributed by atoms with Gasteiger partial charge in [0, 0.05) is 0 Å². The van der Waals surface area contributed by atoms with Crippen molar-refractivity contribution in [1.29, 1.82) is 0 Å². The van der Waals surface area contributed by atoms with E-state index in [0.717, 1.165) is 22.3 Å². The Labute approximate surface area is 165 Å². The molecule has 4 rings (SSSR count). The maximum atomic E-state index is 12.4. The van der Waals surface area contributed by atoms with Crippen LogP contribution in [0.5, 0.6) is 5.75 Å². The second-order valence-corrected chi connectivity index (χ2v) is 6.72. The highest BCUT2D eigenvalue weighted by atomic mass is 16.5. The first-order chi connectivity index (χ1) is 13.7. The van der Waals surface area contributed by atoms with E-state index in [1.165, 1.54) is 5.56 Å². The van der Waals surface area contributed by atoms with Crippen LogP contribution in [-0.4, -0.2) is 5.97 Å². The van der Waals surface area contributed by atoms with Crippen molar-refractivity contribution in [3.63, 3.8) is 0 Å². The summed E-state index contributed by atoms with van der Waals surface area (Å²) < 4.78 is 5.52. The highest BCUT2D eigenvalue weighted by Gasteiger charge is 2.09. The molecule has 0 bridgehead atoms. The van der Waals surface area contributed by atoms with E-state index in [-0.39, 0.29) is 5.97 Å². The molecule has 0 saturated carbocycles. The Morgan fingerprint density at radius 2 is 1.04 bits per heavy atom. The average Bonchev–Trinajstić information content (AvgIpc) is 2.76. The van der Waals surface area contributed by atoms with Gasteiger partial charge in [-0.15, -0.1) is 0 Å². The normalized spacial score (nSPS) is 10.5. The molecule has 4 aromatic carbocycles. The van der Waals surface area contributed by atoms with Crippen LogP contribution in [0.1, 0.15) is 15.9 Å². The first-order valence-electron chi connectivity index (χ1n) is 9.24. The Morgan fingerprint density at radius 3 is 1.61 bits per heavy atom. The van der Waals surface area contributed by atoms with E-state index in [4.69, 9.17) is 4.74 Å². The lowest BCUT2D eigenvalue weighted by molar-refractivity contribution is 0.0735. The third-order valence-electron chi connectivity index (χ3n) is 4.68. The zero-order valence-corrected chi connectivity index (χ0v) is 15.6. The number of hydrogen-bond donors (Lipinski definition) is 0. The lowest BCUT2D eigenvalue weighted by Gasteiger charge is -2.07. The zero-order valence-electron chi connectivity index (χ0n) is 15.6. The summed E-state index contributed by atoms with van der Waals surface area (Å²) in [6.07, 6.45) is 0. The summed E-state index contributed by atoms with van der Waals surface area (Å²) in [5, 5.41) is 0. The van der Waals surface area contributed by atoms with Gasteiger partial charge in [0.05, 0.1) is 5.56 Å². The molecule has 4 aromatic rings. The Hall–Kier alpha value is -3.65. The molecule has 0 aliphatic carbocycles. The molecule has 0 N–H and O–H groups in total. The minimum atomic E-state index is -0.359. The van der Waals surface area contributed by atoms with Gasteiger partial charge >= 0.3 is 5.97 Å². The van der Waals surface area contributed by atoms with Crippen molar-refractivity contribution in [2.75, 3.05) is 0 Å². The average molecular weight is 364 g/mol. The number of ether oxygens (including phenoxy) is 1. The van der Waals surface area contributed by atoms with Crippen molar-refractivity contribution in [2.24, 2.45) is 0 Å². The van der Waals surface area contributed by atoms with Gasteiger partial charge in [-0.25, -0.2) is 4.79 Å². The molecular weight excluding hydrogens is 344 g/mol. The fourth-order valence-corrected chi connectivity index (χ4v) is 3.06. The fourth-order valence-electron chi connectivity index (χ4n) is 3.06. The standard InChI is InChI=1S/C26H20O2/c1-19-7-9-21(10-8-19)23-15-17-25(18-16-23)28-26(27)24-13-11-22(12-14-24)20-5-3-2-4-6-20/h2-18H,1H3. The Bertz CT molecular complexity index is 1060. The van der Waals surface area contributed by atoms with Crippen LogP contribution < -0.4 is 4.74 Å². The van der Waals surface area contributed by atoms with Crippen LogP contribution in [0, 0.1) is 6.92 Å². The van der Waals surface area contributed by atoms with Gasteiger partial charge in [0.15, 0.2) is 0 Å². The molecule has 0 radical (unpaired) electrons. The van der Waals surface area contributed by atoms with Gasteiger partial charge in [0.25, 0.3) is 0 Å². The second kappa shape index (κ2) is 7.93. The summed E-state index contributed by atoms with van der Waals surface area (Å²) >= 11 is 0. The van der Waals surface area contributed by atoms with E-state index >= 15 is 0 Å². The van der Waals surface area contributed by atoms with Crippen LogP contribution in [0.25, 0.3) is 22.3 Å². The third kappa shape index (κ3) is 4.02. The Balaban J connectivity index is 1.45. The van der Waals surface area contributed by atoms with Crippen molar-refractivity contribution in [2.45, 2.75) is 6.92 Å². The van der Waals surface area contributed by atoms with Gasteiger partial charge in [-0.1, -0.05) is 84.4 Å². The maximum Gasteiger partial charge on any atom is 0.343 e. The summed E-state index contributed by atoms with van der Waals surface area (Å²) in [6.45, 7) is 2.07. The van der Waals surface area contributed by atoms with E-state index in [2.05, 4.69) is 31.2 Å². The summed E-state index contributed by atoms with van der Waals surface area (Å²) in [4.78, 5) is 12.4. The largest absolute Gasteiger partial charge is 0.423 e. The van der Waals surface area contributed by atoms with Gasteiger partial charge in [0.2, 0.25) is 0 Å². The lowest BCUT2D eigenvalue weighted by Crippen LogP contribution is -2.08. The van der Waals surface area contributed by atoms with Crippen LogP contribution in [0.2, 0.25) is 0 Å². The number of esters is 1. The van der Waals surface area contributed by atoms with Crippen molar-refractivity contribution in [3.05, 3.63) is 114 Å². The topological polar surface area (TPSA) is 26.3 Å². The molecular formula is C26H20O2. The van der Waals surface area contributed by atoms with E-state index < -0.39 is 0 Å². The SMILES string of the molecule is Cc1ccc(-c2ccc(OC(=O)c3ccc(-c4ccccc4)cc3)cc2)cc1. The maximum absolute atomic E-state index is 12.4. The van der Waals surface area contributed by atoms with Gasteiger partial charge in [-0.2, -0.15) is 0 Å². The first-order valence-corrected chi connectivity index (χ1v) is 9.24. The highest BCUT2D eigenvalue weighted by molar-refractivity contribution is 5.91. The minimum absolute atomic E-state index is 0.359. The molecule has 28 heavy (non-hydrogen) atoms. The summed E-state index contributed by atoms with van der Waals surface area (Å²) in [5.41, 5.74) is 6.18. The van der Waals surface area contributed by atoms with Crippen molar-refractivity contribution in [3.8, 4) is 28.0 Å². The molecule has 0 heterocycles. The van der Waals surface area contributed by atoms with E-state index in [1.807, 2.05) is 66.7 Å². The number of rotatable bonds is 4. The quantitative estimate of drug-likeness (QED) is 0.303. The molecule has 0 aromatic heterocycles. The number of carbonyl (C=O) groups excluding carboxylic acids is 1. The molecule has 0 aliphatic rings. The Kier molecular flexibility index (Phi) is 5.03. The molecule has 2 nitrogen and oxygen atoms in total. The number of benzene rings is 4. The van der Waals surface area contributed by atoms with Gasteiger partial charge in [-0.3, -0.25) is 0 Å². The molecule has 0 unspecified atom stereocenters. The van der Waals surface area contributed by atoms with Crippen molar-refractivity contribution >= 4 is 5.97 Å². The fraction of sp³-hybridized carbons (Fsp3) is 0.0385. The van der Waals surface area contributed by atoms with Crippen molar-refractivity contribution < 1.29 is 9.53 Å². The van der Waals surface area contributed by atoms with Crippen LogP contribution in [0.4, 0.5) is 0 Å². The minimum Gasteiger partial charge on any atom is -0.423 e. The second-order valence-electron chi connectivity index (χ2n) is 6.72. The molecule has 0 amide bonds. The van der Waals surface area contributed by atoms with Crippen molar-refractivity contribution in [1.82, 2.24) is 0 Å². The van der Waals surface area contributed by atoms with Crippen LogP contribution in [-0.2, 0) is 0 Å². The summed E-state index contributed by atoms with van der Waals surface area (Å²) in [7, 11) is 0. The third-order valence-corrected chi connectivity index (χ3v) is 4.68. The number of aryl methyl sites for hydroxylation is 1. The number of carbonyl (C=O) groups is 1. The Morgan fingerprint density at radius 1 is 0.571 bits per heavy atom. The van der Waals surface area contributed by atoms with Crippen LogP contribution in [0.3, 0.4) is 0 Å². The van der Waals surface area contributed by atoms with Gasteiger partial charge < -0.3 is 4.74 Å². The monoisotopic (exact) mass is 364 g/mol. The van der Waals surface area contributed by atoms with E-state index in [0.29, 0.717) is 11.3 Å². The molecule has 0 aliphatic heterocycles. The number of hydrogen-bond acceptors (Lipinski definition) is 2. The molecule has 0 atom stereocenters. The molecule has 2 heteroatoms. The summed E-state index contributed by atoms with van der Waals surface area (Å²) in [5.74, 6) is 0.177.